The van der Waals surface area contributed by atoms with Crippen LogP contribution >= 0.6 is 0 Å². The molecule has 5 heteroatoms. The number of aliphatic carboxylic acids is 1. The third kappa shape index (κ3) is 2.67. The van der Waals surface area contributed by atoms with E-state index in [9.17, 15) is 14.9 Å². The fourth-order valence-electron chi connectivity index (χ4n) is 2.53. The van der Waals surface area contributed by atoms with Gasteiger partial charge in [0.15, 0.2) is 0 Å². The van der Waals surface area contributed by atoms with Crippen LogP contribution in [0.3, 0.4) is 0 Å². The molecule has 3 atom stereocenters. The molecule has 1 rings (SSSR count). The Hall–Kier alpha value is -1.13. The first-order valence-corrected chi connectivity index (χ1v) is 5.44. The first-order chi connectivity index (χ1) is 7.07. The number of rotatable bonds is 4. The largest absolute Gasteiger partial charge is 0.481 e. The molecular formula is C10H17NO4. The van der Waals surface area contributed by atoms with Crippen LogP contribution in [-0.4, -0.2) is 22.0 Å². The van der Waals surface area contributed by atoms with Gasteiger partial charge in [-0.05, 0) is 19.3 Å². The van der Waals surface area contributed by atoms with Crippen LogP contribution in [0.1, 0.15) is 39.0 Å². The second-order valence-corrected chi connectivity index (χ2v) is 4.15. The number of carboxylic acids is 1. The predicted molar refractivity (Wildman–Crippen MR) is 54.2 cm³/mol. The zero-order chi connectivity index (χ0) is 11.4. The monoisotopic (exact) mass is 215 g/mol. The van der Waals surface area contributed by atoms with Gasteiger partial charge >= 0.3 is 5.97 Å². The van der Waals surface area contributed by atoms with Crippen molar-refractivity contribution in [2.24, 2.45) is 11.8 Å². The zero-order valence-corrected chi connectivity index (χ0v) is 8.89. The molecule has 5 nitrogen and oxygen atoms in total. The van der Waals surface area contributed by atoms with Gasteiger partial charge in [0, 0.05) is 17.3 Å². The maximum absolute atomic E-state index is 11.0. The molecule has 15 heavy (non-hydrogen) atoms. The Balaban J connectivity index is 2.78. The fraction of sp³-hybridized carbons (Fsp3) is 0.900. The van der Waals surface area contributed by atoms with Gasteiger partial charge in [-0.2, -0.15) is 0 Å². The molecule has 86 valence electrons. The van der Waals surface area contributed by atoms with Crippen LogP contribution in [0.4, 0.5) is 0 Å². The lowest BCUT2D eigenvalue weighted by molar-refractivity contribution is -0.537. The second kappa shape index (κ2) is 5.09. The van der Waals surface area contributed by atoms with E-state index in [2.05, 4.69) is 0 Å². The summed E-state index contributed by atoms with van der Waals surface area (Å²) in [5.41, 5.74) is 0. The molecule has 0 aromatic rings. The molecule has 0 heterocycles. The van der Waals surface area contributed by atoms with E-state index in [0.717, 1.165) is 12.8 Å². The molecular weight excluding hydrogens is 198 g/mol. The Morgan fingerprint density at radius 1 is 1.53 bits per heavy atom. The van der Waals surface area contributed by atoms with E-state index in [-0.39, 0.29) is 10.8 Å². The lowest BCUT2D eigenvalue weighted by Crippen LogP contribution is -2.39. The number of hydrogen-bond acceptors (Lipinski definition) is 3. The molecule has 0 aliphatic heterocycles. The second-order valence-electron chi connectivity index (χ2n) is 4.15. The van der Waals surface area contributed by atoms with Gasteiger partial charge in [0.2, 0.25) is 6.04 Å². The molecule has 0 saturated heterocycles. The van der Waals surface area contributed by atoms with E-state index in [4.69, 9.17) is 5.11 Å². The first kappa shape index (κ1) is 11.9. The molecule has 1 saturated carbocycles. The molecule has 0 aromatic heterocycles. The summed E-state index contributed by atoms with van der Waals surface area (Å²) in [5, 5.41) is 19.8. The third-order valence-electron chi connectivity index (χ3n) is 3.33. The minimum Gasteiger partial charge on any atom is -0.481 e. The molecule has 0 radical (unpaired) electrons. The van der Waals surface area contributed by atoms with E-state index in [1.54, 1.807) is 6.92 Å². The van der Waals surface area contributed by atoms with Crippen LogP contribution in [0.15, 0.2) is 0 Å². The molecule has 0 aromatic carbocycles. The quantitative estimate of drug-likeness (QED) is 0.574. The van der Waals surface area contributed by atoms with Gasteiger partial charge in [-0.25, -0.2) is 0 Å². The molecule has 1 fully saturated rings. The van der Waals surface area contributed by atoms with Crippen molar-refractivity contribution in [1.82, 2.24) is 0 Å². The average Bonchev–Trinajstić information content (AvgIpc) is 2.18. The highest BCUT2D eigenvalue weighted by Gasteiger charge is 2.41. The molecule has 1 N–H and O–H groups in total. The van der Waals surface area contributed by atoms with Crippen molar-refractivity contribution in [3.8, 4) is 0 Å². The maximum atomic E-state index is 11.0. The van der Waals surface area contributed by atoms with Gasteiger partial charge in [0.1, 0.15) is 0 Å². The Kier molecular flexibility index (Phi) is 4.05. The minimum atomic E-state index is -0.892. The van der Waals surface area contributed by atoms with E-state index in [1.165, 1.54) is 0 Å². The van der Waals surface area contributed by atoms with Crippen molar-refractivity contribution in [2.75, 3.05) is 0 Å². The lowest BCUT2D eigenvalue weighted by Gasteiger charge is -2.29. The summed E-state index contributed by atoms with van der Waals surface area (Å²) >= 11 is 0. The molecule has 1 aliphatic carbocycles. The summed E-state index contributed by atoms with van der Waals surface area (Å²) in [5.74, 6) is -1.73. The molecule has 0 bridgehead atoms. The number of nitro groups is 1. The summed E-state index contributed by atoms with van der Waals surface area (Å²) in [6.07, 6.45) is 3.44. The standard InChI is InChI=1S/C10H17NO4/c1-2-7(10(12)13)8-5-3-4-6-9(8)11(14)15/h7-9H,2-6H2,1H3,(H,12,13)/t7-,8-,9-/m0/s1. The molecule has 0 spiro atoms. The van der Waals surface area contributed by atoms with Crippen molar-refractivity contribution >= 4 is 5.97 Å². The summed E-state index contributed by atoms with van der Waals surface area (Å²) < 4.78 is 0. The zero-order valence-electron chi connectivity index (χ0n) is 8.89. The van der Waals surface area contributed by atoms with Crippen LogP contribution in [-0.2, 0) is 4.79 Å². The summed E-state index contributed by atoms with van der Waals surface area (Å²) in [6, 6.07) is -0.653. The number of carbonyl (C=O) groups is 1. The highest BCUT2D eigenvalue weighted by molar-refractivity contribution is 5.70. The van der Waals surface area contributed by atoms with E-state index >= 15 is 0 Å². The number of nitrogens with zero attached hydrogens (tertiary/aromatic N) is 1. The van der Waals surface area contributed by atoms with Crippen LogP contribution in [0, 0.1) is 22.0 Å². The smallest absolute Gasteiger partial charge is 0.307 e. The van der Waals surface area contributed by atoms with Gasteiger partial charge in [0.25, 0.3) is 0 Å². The van der Waals surface area contributed by atoms with Gasteiger partial charge in [-0.15, -0.1) is 0 Å². The van der Waals surface area contributed by atoms with Crippen molar-refractivity contribution in [3.63, 3.8) is 0 Å². The Bertz CT molecular complexity index is 238. The van der Waals surface area contributed by atoms with Crippen LogP contribution in [0.5, 0.6) is 0 Å². The molecule has 1 aliphatic rings. The van der Waals surface area contributed by atoms with Crippen molar-refractivity contribution < 1.29 is 14.8 Å². The van der Waals surface area contributed by atoms with Gasteiger partial charge in [-0.1, -0.05) is 13.3 Å². The summed E-state index contributed by atoms with van der Waals surface area (Å²) in [6.45, 7) is 1.78. The normalized spacial score (nSPS) is 28.3. The first-order valence-electron chi connectivity index (χ1n) is 5.44. The average molecular weight is 215 g/mol. The van der Waals surface area contributed by atoms with Gasteiger partial charge in [0.05, 0.1) is 5.92 Å². The maximum Gasteiger partial charge on any atom is 0.307 e. The lowest BCUT2D eigenvalue weighted by atomic mass is 9.75. The van der Waals surface area contributed by atoms with E-state index < -0.39 is 17.9 Å². The summed E-state index contributed by atoms with van der Waals surface area (Å²) in [7, 11) is 0. The number of hydrogen-bond donors (Lipinski definition) is 1. The Morgan fingerprint density at radius 3 is 2.60 bits per heavy atom. The molecule has 0 unspecified atom stereocenters. The van der Waals surface area contributed by atoms with E-state index in [0.29, 0.717) is 19.3 Å². The SMILES string of the molecule is CC[C@H](C(=O)O)[C@@H]1CCCC[C@@H]1[N+](=O)[O-]. The van der Waals surface area contributed by atoms with Gasteiger partial charge in [-0.3, -0.25) is 14.9 Å². The number of carboxylic acid groups (broad SMARTS) is 1. The van der Waals surface area contributed by atoms with Crippen molar-refractivity contribution in [3.05, 3.63) is 10.1 Å². The van der Waals surface area contributed by atoms with Crippen LogP contribution < -0.4 is 0 Å². The minimum absolute atomic E-state index is 0.281. The van der Waals surface area contributed by atoms with Crippen LogP contribution in [0.25, 0.3) is 0 Å². The highest BCUT2D eigenvalue weighted by atomic mass is 16.6. The highest BCUT2D eigenvalue weighted by Crippen LogP contribution is 2.33. The van der Waals surface area contributed by atoms with Crippen LogP contribution in [0.2, 0.25) is 0 Å². The van der Waals surface area contributed by atoms with E-state index in [1.807, 2.05) is 0 Å². The predicted octanol–water partition coefficient (Wildman–Crippen LogP) is 1.93. The van der Waals surface area contributed by atoms with Gasteiger partial charge < -0.3 is 5.11 Å². The Morgan fingerprint density at radius 2 is 2.13 bits per heavy atom. The topological polar surface area (TPSA) is 80.4 Å². The summed E-state index contributed by atoms with van der Waals surface area (Å²) in [4.78, 5) is 21.5. The Labute approximate surface area is 88.6 Å². The fourth-order valence-corrected chi connectivity index (χ4v) is 2.53. The third-order valence-corrected chi connectivity index (χ3v) is 3.33. The van der Waals surface area contributed by atoms with Crippen molar-refractivity contribution in [1.29, 1.82) is 0 Å². The molecule has 0 amide bonds. The van der Waals surface area contributed by atoms with Crippen molar-refractivity contribution in [2.45, 2.75) is 45.1 Å².